The predicted octanol–water partition coefficient (Wildman–Crippen LogP) is 0.686. The number of hydrogen-bond donors (Lipinski definition) is 2. The maximum atomic E-state index is 10.5. The first kappa shape index (κ1) is 14.0. The van der Waals surface area contributed by atoms with E-state index < -0.39 is 5.91 Å². The lowest BCUT2D eigenvalue weighted by Gasteiger charge is -2.20. The third-order valence-electron chi connectivity index (χ3n) is 2.52. The zero-order valence-electron chi connectivity index (χ0n) is 10.6. The van der Waals surface area contributed by atoms with E-state index in [0.717, 1.165) is 22.0 Å². The molecule has 0 spiro atoms. The smallest absolute Gasteiger partial charge is 0.245 e. The number of benzene rings is 1. The van der Waals surface area contributed by atoms with Gasteiger partial charge in [-0.15, -0.1) is 11.8 Å². The van der Waals surface area contributed by atoms with Crippen molar-refractivity contribution in [2.24, 2.45) is 5.73 Å². The van der Waals surface area contributed by atoms with Crippen molar-refractivity contribution in [3.63, 3.8) is 0 Å². The number of primary amides is 1. The van der Waals surface area contributed by atoms with Crippen LogP contribution in [0.25, 0.3) is 0 Å². The second-order valence-corrected chi connectivity index (χ2v) is 4.73. The van der Waals surface area contributed by atoms with Gasteiger partial charge in [0.25, 0.3) is 0 Å². The number of nitrogens with one attached hydrogen (secondary N) is 1. The lowest BCUT2D eigenvalue weighted by atomic mass is 10.2. The Bertz CT molecular complexity index is 467. The molecule has 0 unspecified atom stereocenters. The average molecular weight is 284 g/mol. The zero-order valence-corrected chi connectivity index (χ0v) is 11.4. The Kier molecular flexibility index (Phi) is 4.89. The molecule has 0 radical (unpaired) electrons. The van der Waals surface area contributed by atoms with Crippen molar-refractivity contribution in [3.05, 3.63) is 17.7 Å². The second-order valence-electron chi connectivity index (χ2n) is 3.88. The Labute approximate surface area is 115 Å². The summed E-state index contributed by atoms with van der Waals surface area (Å²) in [7, 11) is 0. The summed E-state index contributed by atoms with van der Waals surface area (Å²) in [5, 5.41) is 0. The van der Waals surface area contributed by atoms with Gasteiger partial charge in [-0.1, -0.05) is 0 Å². The number of carbonyl (C=O) groups is 1. The molecule has 3 N–H and O–H groups in total. The summed E-state index contributed by atoms with van der Waals surface area (Å²) in [6, 6.07) is 3.87. The summed E-state index contributed by atoms with van der Waals surface area (Å²) in [5.74, 6) is 0.980. The van der Waals surface area contributed by atoms with Crippen LogP contribution in [0, 0.1) is 0 Å². The number of hydroxylamine groups is 1. The molecular weight excluding hydrogens is 268 g/mol. The Morgan fingerprint density at radius 3 is 2.74 bits per heavy atom. The molecule has 7 heteroatoms. The van der Waals surface area contributed by atoms with Gasteiger partial charge < -0.3 is 15.2 Å². The number of rotatable bonds is 6. The van der Waals surface area contributed by atoms with Crippen LogP contribution in [-0.4, -0.2) is 32.0 Å². The van der Waals surface area contributed by atoms with Crippen molar-refractivity contribution < 1.29 is 19.1 Å². The van der Waals surface area contributed by atoms with Gasteiger partial charge in [-0.2, -0.15) is 5.48 Å². The lowest BCUT2D eigenvalue weighted by molar-refractivity contribution is -0.125. The molecule has 0 saturated carbocycles. The molecule has 6 nitrogen and oxygen atoms in total. The normalized spacial score (nSPS) is 13.3. The van der Waals surface area contributed by atoms with Crippen LogP contribution in [0.15, 0.2) is 17.0 Å². The van der Waals surface area contributed by atoms with Gasteiger partial charge in [-0.05, 0) is 24.0 Å². The molecule has 0 bridgehead atoms. The third kappa shape index (κ3) is 3.76. The first-order valence-corrected chi connectivity index (χ1v) is 7.02. The summed E-state index contributed by atoms with van der Waals surface area (Å²) >= 11 is 1.61. The van der Waals surface area contributed by atoms with E-state index in [2.05, 4.69) is 5.48 Å². The zero-order chi connectivity index (χ0) is 13.7. The minimum Gasteiger partial charge on any atom is -0.486 e. The fourth-order valence-electron chi connectivity index (χ4n) is 1.69. The van der Waals surface area contributed by atoms with Crippen molar-refractivity contribution in [2.45, 2.75) is 11.4 Å². The fourth-order valence-corrected chi connectivity index (χ4v) is 2.31. The van der Waals surface area contributed by atoms with Crippen LogP contribution in [0.1, 0.15) is 5.56 Å². The maximum Gasteiger partial charge on any atom is 0.245 e. The Morgan fingerprint density at radius 2 is 2.11 bits per heavy atom. The van der Waals surface area contributed by atoms with Crippen molar-refractivity contribution in [3.8, 4) is 11.5 Å². The van der Waals surface area contributed by atoms with E-state index >= 15 is 0 Å². The molecule has 1 heterocycles. The highest BCUT2D eigenvalue weighted by Gasteiger charge is 2.15. The minimum atomic E-state index is -0.514. The molecule has 0 atom stereocenters. The third-order valence-corrected chi connectivity index (χ3v) is 3.34. The molecule has 19 heavy (non-hydrogen) atoms. The van der Waals surface area contributed by atoms with Crippen molar-refractivity contribution in [1.29, 1.82) is 0 Å². The molecule has 1 aromatic carbocycles. The summed E-state index contributed by atoms with van der Waals surface area (Å²) in [4.78, 5) is 16.5. The molecular formula is C12H16N2O4S. The molecule has 0 aliphatic carbocycles. The Balaban J connectivity index is 2.04. The van der Waals surface area contributed by atoms with Gasteiger partial charge in [0.05, 0.1) is 0 Å². The van der Waals surface area contributed by atoms with Crippen LogP contribution in [0.3, 0.4) is 0 Å². The number of ether oxygens (including phenoxy) is 2. The SMILES string of the molecule is CSc1cc2c(cc1CNOCC(N)=O)OCCO2. The number of amides is 1. The Hall–Kier alpha value is -1.44. The first-order valence-electron chi connectivity index (χ1n) is 5.80. The summed E-state index contributed by atoms with van der Waals surface area (Å²) < 4.78 is 11.1. The molecule has 0 aromatic heterocycles. The van der Waals surface area contributed by atoms with E-state index in [1.54, 1.807) is 11.8 Å². The molecule has 0 saturated heterocycles. The standard InChI is InChI=1S/C12H16N2O4S/c1-19-11-5-10-9(16-2-3-17-10)4-8(11)6-14-18-7-12(13)15/h4-5,14H,2-3,6-7H2,1H3,(H2,13,15). The molecule has 1 aliphatic rings. The van der Waals surface area contributed by atoms with Gasteiger partial charge in [0.15, 0.2) is 11.5 Å². The van der Waals surface area contributed by atoms with Crippen molar-refractivity contribution in [1.82, 2.24) is 5.48 Å². The average Bonchev–Trinajstić information content (AvgIpc) is 2.42. The first-order chi connectivity index (χ1) is 9.20. The summed E-state index contributed by atoms with van der Waals surface area (Å²) in [5.41, 5.74) is 8.69. The topological polar surface area (TPSA) is 82.8 Å². The van der Waals surface area contributed by atoms with Crippen LogP contribution < -0.4 is 20.7 Å². The molecule has 2 rings (SSSR count). The molecule has 1 aromatic rings. The summed E-state index contributed by atoms with van der Waals surface area (Å²) in [6.45, 7) is 1.43. The second kappa shape index (κ2) is 6.65. The van der Waals surface area contributed by atoms with Gasteiger partial charge in [-0.3, -0.25) is 9.63 Å². The van der Waals surface area contributed by atoms with Gasteiger partial charge in [0.2, 0.25) is 5.91 Å². The fraction of sp³-hybridized carbons (Fsp3) is 0.417. The van der Waals surface area contributed by atoms with Gasteiger partial charge in [0, 0.05) is 11.4 Å². The Morgan fingerprint density at radius 1 is 1.42 bits per heavy atom. The monoisotopic (exact) mass is 284 g/mol. The molecule has 1 amide bonds. The highest BCUT2D eigenvalue weighted by atomic mass is 32.2. The minimum absolute atomic E-state index is 0.154. The largest absolute Gasteiger partial charge is 0.486 e. The van der Waals surface area contributed by atoms with Crippen LogP contribution in [0.2, 0.25) is 0 Å². The lowest BCUT2D eigenvalue weighted by Crippen LogP contribution is -2.24. The van der Waals surface area contributed by atoms with Gasteiger partial charge >= 0.3 is 0 Å². The van der Waals surface area contributed by atoms with E-state index in [1.165, 1.54) is 0 Å². The van der Waals surface area contributed by atoms with Gasteiger partial charge in [-0.25, -0.2) is 0 Å². The van der Waals surface area contributed by atoms with Gasteiger partial charge in [0.1, 0.15) is 19.8 Å². The van der Waals surface area contributed by atoms with E-state index in [-0.39, 0.29) is 6.61 Å². The highest BCUT2D eigenvalue weighted by Crippen LogP contribution is 2.36. The van der Waals surface area contributed by atoms with E-state index in [1.807, 2.05) is 18.4 Å². The van der Waals surface area contributed by atoms with E-state index in [9.17, 15) is 4.79 Å². The highest BCUT2D eigenvalue weighted by molar-refractivity contribution is 7.98. The molecule has 0 fully saturated rings. The summed E-state index contributed by atoms with van der Waals surface area (Å²) in [6.07, 6.45) is 1.99. The number of thioether (sulfide) groups is 1. The van der Waals surface area contributed by atoms with Crippen molar-refractivity contribution >= 4 is 17.7 Å². The molecule has 104 valence electrons. The molecule has 1 aliphatic heterocycles. The number of fused-ring (bicyclic) bond motifs is 1. The van der Waals surface area contributed by atoms with E-state index in [0.29, 0.717) is 19.8 Å². The van der Waals surface area contributed by atoms with E-state index in [4.69, 9.17) is 20.0 Å². The predicted molar refractivity (Wildman–Crippen MR) is 71.2 cm³/mol. The van der Waals surface area contributed by atoms with Crippen LogP contribution in [0.5, 0.6) is 11.5 Å². The van der Waals surface area contributed by atoms with Crippen LogP contribution >= 0.6 is 11.8 Å². The van der Waals surface area contributed by atoms with Crippen LogP contribution in [0.4, 0.5) is 0 Å². The number of carbonyl (C=O) groups excluding carboxylic acids is 1. The van der Waals surface area contributed by atoms with Crippen molar-refractivity contribution in [2.75, 3.05) is 26.1 Å². The maximum absolute atomic E-state index is 10.5. The number of hydrogen-bond acceptors (Lipinski definition) is 6. The quantitative estimate of drug-likeness (QED) is 0.454. The van der Waals surface area contributed by atoms with Crippen LogP contribution in [-0.2, 0) is 16.2 Å². The number of nitrogens with two attached hydrogens (primary N) is 1.